The second-order valence-corrected chi connectivity index (χ2v) is 8.14. The molecule has 2 aromatic carbocycles. The number of rotatable bonds is 6. The molecule has 0 radical (unpaired) electrons. The first-order chi connectivity index (χ1) is 15.0. The highest BCUT2D eigenvalue weighted by atomic mass is 15.1. The van der Waals surface area contributed by atoms with Gasteiger partial charge in [-0.2, -0.15) is 4.98 Å². The highest BCUT2D eigenvalue weighted by Gasteiger charge is 2.07. The molecule has 156 valence electrons. The van der Waals surface area contributed by atoms with Crippen LogP contribution < -0.4 is 10.6 Å². The van der Waals surface area contributed by atoms with Gasteiger partial charge in [-0.05, 0) is 69.2 Å². The number of H-pyrrole nitrogens is 2. The summed E-state index contributed by atoms with van der Waals surface area (Å²) >= 11 is 0. The minimum Gasteiger partial charge on any atom is -0.361 e. The van der Waals surface area contributed by atoms with Crippen molar-refractivity contribution in [2.24, 2.45) is 0 Å². The number of anilines is 3. The molecule has 0 atom stereocenters. The Morgan fingerprint density at radius 2 is 1.77 bits per heavy atom. The van der Waals surface area contributed by atoms with Gasteiger partial charge >= 0.3 is 0 Å². The van der Waals surface area contributed by atoms with Crippen molar-refractivity contribution < 1.29 is 0 Å². The first-order valence-corrected chi connectivity index (χ1v) is 10.6. The average Bonchev–Trinajstić information content (AvgIpc) is 3.29. The van der Waals surface area contributed by atoms with E-state index in [4.69, 9.17) is 0 Å². The zero-order valence-corrected chi connectivity index (χ0v) is 18.0. The molecule has 5 rings (SSSR count). The summed E-state index contributed by atoms with van der Waals surface area (Å²) in [6.45, 7) is 6.94. The van der Waals surface area contributed by atoms with Crippen molar-refractivity contribution in [3.8, 4) is 0 Å². The van der Waals surface area contributed by atoms with Gasteiger partial charge in [0.15, 0.2) is 0 Å². The monoisotopic (exact) mass is 410 g/mol. The van der Waals surface area contributed by atoms with Gasteiger partial charge in [-0.25, -0.2) is 4.98 Å². The quantitative estimate of drug-likeness (QED) is 0.287. The molecule has 0 aliphatic carbocycles. The van der Waals surface area contributed by atoms with E-state index in [1.807, 2.05) is 13.0 Å². The summed E-state index contributed by atoms with van der Waals surface area (Å²) < 4.78 is 0. The molecule has 31 heavy (non-hydrogen) atoms. The normalized spacial score (nSPS) is 11.3. The van der Waals surface area contributed by atoms with Crippen LogP contribution in [0.5, 0.6) is 0 Å². The number of nitrogens with one attached hydrogen (secondary N) is 4. The SMILES string of the molecule is Cc1ccc2[nH]cc(CCNc3nc(C)cc(Nc4ccc5[nH]c(C)cc5c4)n3)c2c1. The van der Waals surface area contributed by atoms with E-state index in [0.717, 1.165) is 41.4 Å². The molecule has 0 aliphatic heterocycles. The lowest BCUT2D eigenvalue weighted by atomic mass is 10.1. The van der Waals surface area contributed by atoms with Gasteiger partial charge in [0.2, 0.25) is 5.95 Å². The molecule has 0 unspecified atom stereocenters. The van der Waals surface area contributed by atoms with E-state index in [2.05, 4.69) is 93.1 Å². The van der Waals surface area contributed by atoms with E-state index in [1.54, 1.807) is 0 Å². The van der Waals surface area contributed by atoms with Crippen molar-refractivity contribution in [3.05, 3.63) is 77.2 Å². The Morgan fingerprint density at radius 3 is 2.68 bits per heavy atom. The van der Waals surface area contributed by atoms with E-state index in [-0.39, 0.29) is 0 Å². The molecule has 5 aromatic rings. The Labute approximate surface area is 181 Å². The van der Waals surface area contributed by atoms with E-state index >= 15 is 0 Å². The van der Waals surface area contributed by atoms with Crippen LogP contribution in [-0.4, -0.2) is 26.5 Å². The predicted molar refractivity (Wildman–Crippen MR) is 128 cm³/mol. The smallest absolute Gasteiger partial charge is 0.224 e. The topological polar surface area (TPSA) is 81.4 Å². The first-order valence-electron chi connectivity index (χ1n) is 10.6. The number of hydrogen-bond donors (Lipinski definition) is 4. The first kappa shape index (κ1) is 19.2. The highest BCUT2D eigenvalue weighted by molar-refractivity contribution is 5.85. The van der Waals surface area contributed by atoms with Crippen molar-refractivity contribution in [2.75, 3.05) is 17.2 Å². The van der Waals surface area contributed by atoms with Gasteiger partial charge < -0.3 is 20.6 Å². The maximum Gasteiger partial charge on any atom is 0.224 e. The van der Waals surface area contributed by atoms with Gasteiger partial charge in [0.05, 0.1) is 0 Å². The molecular formula is C25H26N6. The number of aromatic nitrogens is 4. The van der Waals surface area contributed by atoms with Gasteiger partial charge in [-0.1, -0.05) is 11.6 Å². The van der Waals surface area contributed by atoms with Crippen LogP contribution >= 0.6 is 0 Å². The van der Waals surface area contributed by atoms with Gasteiger partial charge in [0.25, 0.3) is 0 Å². The number of fused-ring (bicyclic) bond motifs is 2. The van der Waals surface area contributed by atoms with Crippen LogP contribution in [0.3, 0.4) is 0 Å². The summed E-state index contributed by atoms with van der Waals surface area (Å²) in [4.78, 5) is 15.9. The second kappa shape index (κ2) is 7.80. The molecular weight excluding hydrogens is 384 g/mol. The van der Waals surface area contributed by atoms with Crippen LogP contribution in [0, 0.1) is 20.8 Å². The highest BCUT2D eigenvalue weighted by Crippen LogP contribution is 2.23. The Morgan fingerprint density at radius 1 is 0.903 bits per heavy atom. The third kappa shape index (κ3) is 4.10. The summed E-state index contributed by atoms with van der Waals surface area (Å²) in [5.41, 5.74) is 7.96. The Hall–Kier alpha value is -3.80. The molecule has 4 N–H and O–H groups in total. The number of aryl methyl sites for hydroxylation is 3. The van der Waals surface area contributed by atoms with Crippen molar-refractivity contribution >= 4 is 39.3 Å². The molecule has 3 aromatic heterocycles. The van der Waals surface area contributed by atoms with E-state index < -0.39 is 0 Å². The maximum atomic E-state index is 4.66. The number of benzene rings is 2. The van der Waals surface area contributed by atoms with Crippen molar-refractivity contribution in [1.29, 1.82) is 0 Å². The Balaban J connectivity index is 1.29. The Kier molecular flexibility index (Phi) is 4.82. The molecule has 6 nitrogen and oxygen atoms in total. The van der Waals surface area contributed by atoms with Crippen LogP contribution in [0.2, 0.25) is 0 Å². The lowest BCUT2D eigenvalue weighted by Crippen LogP contribution is -2.09. The zero-order valence-electron chi connectivity index (χ0n) is 18.0. The molecule has 0 saturated heterocycles. The van der Waals surface area contributed by atoms with Crippen molar-refractivity contribution in [2.45, 2.75) is 27.2 Å². The standard InChI is InChI=1S/C25H26N6/c1-15-4-6-23-21(10-15)18(14-27-23)8-9-26-25-29-17(3)12-24(31-25)30-20-5-7-22-19(13-20)11-16(2)28-22/h4-7,10-14,27-28H,8-9H2,1-3H3,(H2,26,29,30,31). The lowest BCUT2D eigenvalue weighted by molar-refractivity contribution is 0.981. The van der Waals surface area contributed by atoms with Gasteiger partial charge in [0, 0.05) is 57.7 Å². The van der Waals surface area contributed by atoms with Crippen LogP contribution in [0.1, 0.15) is 22.5 Å². The van der Waals surface area contributed by atoms with Crippen LogP contribution in [-0.2, 0) is 6.42 Å². The van der Waals surface area contributed by atoms with Crippen LogP contribution in [0.4, 0.5) is 17.5 Å². The van der Waals surface area contributed by atoms with Crippen LogP contribution in [0.25, 0.3) is 21.8 Å². The molecule has 0 saturated carbocycles. The van der Waals surface area contributed by atoms with E-state index in [9.17, 15) is 0 Å². The summed E-state index contributed by atoms with van der Waals surface area (Å²) in [6.07, 6.45) is 2.99. The summed E-state index contributed by atoms with van der Waals surface area (Å²) in [5.74, 6) is 1.42. The second-order valence-electron chi connectivity index (χ2n) is 8.14. The largest absolute Gasteiger partial charge is 0.361 e. The molecule has 0 fully saturated rings. The number of aromatic amines is 2. The predicted octanol–water partition coefficient (Wildman–Crippen LogP) is 5.76. The van der Waals surface area contributed by atoms with E-state index in [0.29, 0.717) is 5.95 Å². The third-order valence-corrected chi connectivity index (χ3v) is 5.48. The average molecular weight is 411 g/mol. The van der Waals surface area contributed by atoms with E-state index in [1.165, 1.54) is 27.4 Å². The number of hydrogen-bond acceptors (Lipinski definition) is 4. The zero-order chi connectivity index (χ0) is 21.4. The van der Waals surface area contributed by atoms with Gasteiger partial charge in [0.1, 0.15) is 5.82 Å². The fourth-order valence-electron chi connectivity index (χ4n) is 4.02. The molecule has 6 heteroatoms. The summed E-state index contributed by atoms with van der Waals surface area (Å²) in [5, 5.41) is 9.26. The fraction of sp³-hybridized carbons (Fsp3) is 0.200. The molecule has 0 aliphatic rings. The summed E-state index contributed by atoms with van der Waals surface area (Å²) in [6, 6.07) is 16.9. The summed E-state index contributed by atoms with van der Waals surface area (Å²) in [7, 11) is 0. The number of nitrogens with zero attached hydrogens (tertiary/aromatic N) is 2. The van der Waals surface area contributed by atoms with Crippen molar-refractivity contribution in [3.63, 3.8) is 0 Å². The van der Waals surface area contributed by atoms with Crippen molar-refractivity contribution in [1.82, 2.24) is 19.9 Å². The third-order valence-electron chi connectivity index (χ3n) is 5.48. The molecule has 0 spiro atoms. The molecule has 0 amide bonds. The van der Waals surface area contributed by atoms with Crippen LogP contribution in [0.15, 0.2) is 54.7 Å². The molecule has 0 bridgehead atoms. The van der Waals surface area contributed by atoms with Gasteiger partial charge in [-0.3, -0.25) is 0 Å². The lowest BCUT2D eigenvalue weighted by Gasteiger charge is -2.10. The Bertz CT molecular complexity index is 1380. The minimum absolute atomic E-state index is 0.636. The molecule has 3 heterocycles. The van der Waals surface area contributed by atoms with Gasteiger partial charge in [-0.15, -0.1) is 0 Å². The minimum atomic E-state index is 0.636. The maximum absolute atomic E-state index is 4.66. The fourth-order valence-corrected chi connectivity index (χ4v) is 4.02.